The number of amides is 3. The van der Waals surface area contributed by atoms with E-state index in [2.05, 4.69) is 9.69 Å². The largest absolute Gasteiger partial charge is 0.395 e. The van der Waals surface area contributed by atoms with Crippen LogP contribution < -0.4 is 16.8 Å². The fourth-order valence-electron chi connectivity index (χ4n) is 3.65. The Labute approximate surface area is 201 Å². The highest BCUT2D eigenvalue weighted by Gasteiger charge is 2.35. The van der Waals surface area contributed by atoms with Gasteiger partial charge in [-0.25, -0.2) is 4.39 Å². The molecular weight excluding hydrogens is 463 g/mol. The molecule has 1 aliphatic rings. The number of benzene rings is 1. The lowest BCUT2D eigenvalue weighted by Crippen LogP contribution is -2.47. The number of hydrogen-bond donors (Lipinski definition) is 3. The standard InChI is InChI=1S/C22H29FN6O4S/c1-28(2)9-10-29(22(32)19-16(24)17(20(25)30)27-34-19)18(13-5-7-14(23)8-6-13)21(31)26-12-15-4-3-11-33-15/h5-8,15,18H,3-4,9-12,24H2,1-2H3,(H2,25,30)(H,26,31). The number of aromatic nitrogens is 1. The summed E-state index contributed by atoms with van der Waals surface area (Å²) in [4.78, 5) is 41.9. The van der Waals surface area contributed by atoms with Gasteiger partial charge in [0.25, 0.3) is 11.8 Å². The van der Waals surface area contributed by atoms with Gasteiger partial charge >= 0.3 is 0 Å². The molecule has 2 atom stereocenters. The molecule has 2 aromatic rings. The van der Waals surface area contributed by atoms with Crippen molar-refractivity contribution >= 4 is 34.9 Å². The molecule has 0 radical (unpaired) electrons. The summed E-state index contributed by atoms with van der Waals surface area (Å²) in [6.07, 6.45) is 1.65. The molecule has 1 saturated heterocycles. The zero-order valence-corrected chi connectivity index (χ0v) is 19.9. The molecular formula is C22H29FN6O4S. The molecule has 0 spiro atoms. The molecule has 34 heavy (non-hydrogen) atoms. The van der Waals surface area contributed by atoms with E-state index in [0.29, 0.717) is 25.3 Å². The molecule has 1 aliphatic heterocycles. The van der Waals surface area contributed by atoms with E-state index in [4.69, 9.17) is 16.2 Å². The van der Waals surface area contributed by atoms with Crippen LogP contribution in [0, 0.1) is 5.82 Å². The first-order valence-corrected chi connectivity index (χ1v) is 11.6. The van der Waals surface area contributed by atoms with Gasteiger partial charge in [-0.2, -0.15) is 4.37 Å². The van der Waals surface area contributed by atoms with E-state index >= 15 is 0 Å². The normalized spacial score (nSPS) is 16.4. The second-order valence-corrected chi connectivity index (χ2v) is 9.05. The molecule has 10 nitrogen and oxygen atoms in total. The molecule has 12 heteroatoms. The van der Waals surface area contributed by atoms with Crippen LogP contribution in [0.25, 0.3) is 0 Å². The Bertz CT molecular complexity index is 1020. The number of halogens is 1. The zero-order chi connectivity index (χ0) is 24.8. The van der Waals surface area contributed by atoms with Gasteiger partial charge in [0, 0.05) is 26.2 Å². The molecule has 3 rings (SSSR count). The Morgan fingerprint density at radius 3 is 2.53 bits per heavy atom. The minimum Gasteiger partial charge on any atom is -0.395 e. The Hall–Kier alpha value is -3.09. The first-order valence-electron chi connectivity index (χ1n) is 10.8. The molecule has 0 bridgehead atoms. The van der Waals surface area contributed by atoms with E-state index in [-0.39, 0.29) is 28.9 Å². The summed E-state index contributed by atoms with van der Waals surface area (Å²) in [7, 11) is 3.67. The fourth-order valence-corrected chi connectivity index (χ4v) is 4.41. The zero-order valence-electron chi connectivity index (χ0n) is 19.1. The highest BCUT2D eigenvalue weighted by molar-refractivity contribution is 7.09. The topological polar surface area (TPSA) is 144 Å². The van der Waals surface area contributed by atoms with Gasteiger partial charge in [-0.05, 0) is 56.2 Å². The van der Waals surface area contributed by atoms with Crippen molar-refractivity contribution in [3.63, 3.8) is 0 Å². The van der Waals surface area contributed by atoms with Crippen LogP contribution in [0.5, 0.6) is 0 Å². The van der Waals surface area contributed by atoms with Crippen LogP contribution in [-0.2, 0) is 9.53 Å². The molecule has 5 N–H and O–H groups in total. The van der Waals surface area contributed by atoms with E-state index < -0.39 is 29.6 Å². The first kappa shape index (κ1) is 25.5. The van der Waals surface area contributed by atoms with Gasteiger partial charge in [0.05, 0.1) is 11.8 Å². The van der Waals surface area contributed by atoms with Crippen LogP contribution in [0.15, 0.2) is 24.3 Å². The molecule has 1 aromatic heterocycles. The van der Waals surface area contributed by atoms with Crippen molar-refractivity contribution in [2.24, 2.45) is 5.73 Å². The van der Waals surface area contributed by atoms with Crippen LogP contribution in [0.1, 0.15) is 44.6 Å². The summed E-state index contributed by atoms with van der Waals surface area (Å²) in [5.41, 5.74) is 11.4. The van der Waals surface area contributed by atoms with Gasteiger partial charge in [0.1, 0.15) is 16.7 Å². The SMILES string of the molecule is CN(C)CCN(C(=O)c1snc(C(N)=O)c1N)C(C(=O)NCC1CCCO1)c1ccc(F)cc1. The van der Waals surface area contributed by atoms with Crippen LogP contribution >= 0.6 is 11.5 Å². The second-order valence-electron chi connectivity index (χ2n) is 8.27. The molecule has 1 fully saturated rings. The van der Waals surface area contributed by atoms with Gasteiger partial charge in [-0.1, -0.05) is 12.1 Å². The van der Waals surface area contributed by atoms with E-state index in [1.54, 1.807) is 0 Å². The number of likely N-dealkylation sites (N-methyl/N-ethyl adjacent to an activating group) is 1. The third kappa shape index (κ3) is 6.07. The van der Waals surface area contributed by atoms with Crippen molar-refractivity contribution in [3.05, 3.63) is 46.2 Å². The third-order valence-electron chi connectivity index (χ3n) is 5.48. The van der Waals surface area contributed by atoms with Gasteiger partial charge in [0.2, 0.25) is 5.91 Å². The average molecular weight is 493 g/mol. The molecule has 2 unspecified atom stereocenters. The quantitative estimate of drug-likeness (QED) is 0.449. The van der Waals surface area contributed by atoms with Crippen LogP contribution in [0.4, 0.5) is 10.1 Å². The highest BCUT2D eigenvalue weighted by atomic mass is 32.1. The number of hydrogen-bond acceptors (Lipinski definition) is 8. The molecule has 184 valence electrons. The summed E-state index contributed by atoms with van der Waals surface area (Å²) in [6.45, 7) is 1.53. The second kappa shape index (κ2) is 11.4. The first-order chi connectivity index (χ1) is 16.2. The number of primary amides is 1. The average Bonchev–Trinajstić information content (AvgIpc) is 3.45. The maximum Gasteiger partial charge on any atom is 0.270 e. The molecule has 3 amide bonds. The number of nitrogens with zero attached hydrogens (tertiary/aromatic N) is 3. The summed E-state index contributed by atoms with van der Waals surface area (Å²) in [5.74, 6) is -2.33. The van der Waals surface area contributed by atoms with Gasteiger partial charge in [0.15, 0.2) is 5.69 Å². The maximum atomic E-state index is 13.6. The van der Waals surface area contributed by atoms with Crippen LogP contribution in [-0.4, -0.2) is 78.3 Å². The highest BCUT2D eigenvalue weighted by Crippen LogP contribution is 2.29. The Kier molecular flexibility index (Phi) is 8.53. The third-order valence-corrected chi connectivity index (χ3v) is 6.33. The monoisotopic (exact) mass is 492 g/mol. The summed E-state index contributed by atoms with van der Waals surface area (Å²) >= 11 is 0.743. The molecule has 0 saturated carbocycles. The fraction of sp³-hybridized carbons (Fsp3) is 0.455. The summed E-state index contributed by atoms with van der Waals surface area (Å²) in [6, 6.07) is 4.32. The summed E-state index contributed by atoms with van der Waals surface area (Å²) < 4.78 is 23.1. The van der Waals surface area contributed by atoms with Crippen LogP contribution in [0.2, 0.25) is 0 Å². The van der Waals surface area contributed by atoms with Crippen molar-refractivity contribution < 1.29 is 23.5 Å². The molecule has 1 aromatic carbocycles. The lowest BCUT2D eigenvalue weighted by Gasteiger charge is -2.32. The lowest BCUT2D eigenvalue weighted by molar-refractivity contribution is -0.126. The number of carbonyl (C=O) groups is 3. The van der Waals surface area contributed by atoms with E-state index in [9.17, 15) is 18.8 Å². The maximum absolute atomic E-state index is 13.6. The Balaban J connectivity index is 1.97. The number of carbonyl (C=O) groups excluding carboxylic acids is 3. The van der Waals surface area contributed by atoms with E-state index in [1.807, 2.05) is 19.0 Å². The Morgan fingerprint density at radius 1 is 1.26 bits per heavy atom. The number of ether oxygens (including phenoxy) is 1. The summed E-state index contributed by atoms with van der Waals surface area (Å²) in [5, 5.41) is 2.87. The van der Waals surface area contributed by atoms with Gasteiger partial charge in [-0.3, -0.25) is 14.4 Å². The van der Waals surface area contributed by atoms with Crippen molar-refractivity contribution in [2.45, 2.75) is 25.0 Å². The number of anilines is 1. The van der Waals surface area contributed by atoms with Crippen molar-refractivity contribution in [2.75, 3.05) is 46.1 Å². The minimum absolute atomic E-state index is 0.00611. The van der Waals surface area contributed by atoms with E-state index in [0.717, 1.165) is 24.4 Å². The number of rotatable bonds is 10. The lowest BCUT2D eigenvalue weighted by atomic mass is 10.0. The number of nitrogens with two attached hydrogens (primary N) is 2. The molecule has 0 aliphatic carbocycles. The van der Waals surface area contributed by atoms with Crippen molar-refractivity contribution in [3.8, 4) is 0 Å². The predicted molar refractivity (Wildman–Crippen MR) is 126 cm³/mol. The van der Waals surface area contributed by atoms with Crippen molar-refractivity contribution in [1.29, 1.82) is 0 Å². The smallest absolute Gasteiger partial charge is 0.270 e. The predicted octanol–water partition coefficient (Wildman–Crippen LogP) is 1.00. The Morgan fingerprint density at radius 2 is 1.97 bits per heavy atom. The van der Waals surface area contributed by atoms with Crippen molar-refractivity contribution in [1.82, 2.24) is 19.5 Å². The number of nitrogens with one attached hydrogen (secondary N) is 1. The van der Waals surface area contributed by atoms with Crippen LogP contribution in [0.3, 0.4) is 0 Å². The van der Waals surface area contributed by atoms with E-state index in [1.165, 1.54) is 29.2 Å². The number of nitrogen functional groups attached to an aromatic ring is 1. The molecule has 2 heterocycles. The van der Waals surface area contributed by atoms with Gasteiger partial charge < -0.3 is 31.3 Å². The minimum atomic E-state index is -1.08. The van der Waals surface area contributed by atoms with Gasteiger partial charge in [-0.15, -0.1) is 0 Å².